The average molecular weight is 389 g/mol. The highest BCUT2D eigenvalue weighted by molar-refractivity contribution is 6.02. The van der Waals surface area contributed by atoms with E-state index in [9.17, 15) is 9.59 Å². The van der Waals surface area contributed by atoms with Crippen molar-refractivity contribution < 1.29 is 9.59 Å². The van der Waals surface area contributed by atoms with Gasteiger partial charge >= 0.3 is 0 Å². The summed E-state index contributed by atoms with van der Waals surface area (Å²) >= 11 is 0. The first-order chi connectivity index (χ1) is 13.6. The number of unbranched alkanes of at least 4 members (excludes halogenated alkanes) is 1. The van der Waals surface area contributed by atoms with Crippen molar-refractivity contribution in [3.8, 4) is 0 Å². The zero-order valence-corrected chi connectivity index (χ0v) is 17.7. The molecule has 1 saturated heterocycles. The van der Waals surface area contributed by atoms with Crippen LogP contribution in [0.2, 0.25) is 0 Å². The Labute approximate surface area is 169 Å². The summed E-state index contributed by atoms with van der Waals surface area (Å²) in [7, 11) is 0. The molecule has 2 rings (SSSR count). The van der Waals surface area contributed by atoms with Crippen LogP contribution in [0.5, 0.6) is 0 Å². The van der Waals surface area contributed by atoms with Crippen LogP contribution in [-0.2, 0) is 4.79 Å². The normalized spacial score (nSPS) is 13.8. The van der Waals surface area contributed by atoms with Crippen LogP contribution < -0.4 is 15.5 Å². The quantitative estimate of drug-likeness (QED) is 0.609. The lowest BCUT2D eigenvalue weighted by Gasteiger charge is -2.23. The molecule has 0 bridgehead atoms. The van der Waals surface area contributed by atoms with Crippen molar-refractivity contribution in [2.45, 2.75) is 52.9 Å². The van der Waals surface area contributed by atoms with Gasteiger partial charge in [0.15, 0.2) is 0 Å². The minimum absolute atomic E-state index is 0.00339. The molecule has 6 nitrogen and oxygen atoms in total. The first kappa shape index (κ1) is 22.2. The van der Waals surface area contributed by atoms with Crippen molar-refractivity contribution in [2.75, 3.05) is 49.5 Å². The van der Waals surface area contributed by atoms with Crippen LogP contribution in [-0.4, -0.2) is 56.0 Å². The molecule has 1 aliphatic rings. The third-order valence-corrected chi connectivity index (χ3v) is 5.34. The monoisotopic (exact) mass is 388 g/mol. The van der Waals surface area contributed by atoms with Gasteiger partial charge in [0.05, 0.1) is 5.56 Å². The van der Waals surface area contributed by atoms with Gasteiger partial charge in [0.25, 0.3) is 5.91 Å². The molecule has 1 aromatic rings. The number of hydrogen-bond donors (Lipinski definition) is 2. The highest BCUT2D eigenvalue weighted by Gasteiger charge is 2.20. The number of hydrogen-bond acceptors (Lipinski definition) is 4. The molecule has 1 heterocycles. The van der Waals surface area contributed by atoms with Crippen LogP contribution in [0.25, 0.3) is 0 Å². The number of carbonyl (C=O) groups is 2. The molecule has 6 heteroatoms. The van der Waals surface area contributed by atoms with E-state index in [2.05, 4.69) is 41.2 Å². The molecule has 0 aliphatic carbocycles. The Morgan fingerprint density at radius 1 is 1.11 bits per heavy atom. The molecule has 2 N–H and O–H groups in total. The summed E-state index contributed by atoms with van der Waals surface area (Å²) in [6.45, 7) is 11.7. The lowest BCUT2D eigenvalue weighted by molar-refractivity contribution is -0.116. The van der Waals surface area contributed by atoms with Crippen molar-refractivity contribution in [3.05, 3.63) is 23.8 Å². The Morgan fingerprint density at radius 3 is 2.46 bits per heavy atom. The van der Waals surface area contributed by atoms with E-state index in [0.717, 1.165) is 64.1 Å². The Kier molecular flexibility index (Phi) is 9.28. The van der Waals surface area contributed by atoms with Gasteiger partial charge in [-0.15, -0.1) is 0 Å². The van der Waals surface area contributed by atoms with Crippen molar-refractivity contribution in [1.82, 2.24) is 10.2 Å². The summed E-state index contributed by atoms with van der Waals surface area (Å²) in [5.74, 6) is -0.0672. The number of anilines is 2. The molecule has 0 unspecified atom stereocenters. The second kappa shape index (κ2) is 11.7. The Morgan fingerprint density at radius 2 is 1.82 bits per heavy atom. The summed E-state index contributed by atoms with van der Waals surface area (Å²) in [4.78, 5) is 29.6. The largest absolute Gasteiger partial charge is 0.371 e. The summed E-state index contributed by atoms with van der Waals surface area (Å²) in [6, 6.07) is 5.70. The molecule has 2 amide bonds. The number of likely N-dealkylation sites (N-methyl/N-ethyl adjacent to an activating group) is 1. The Balaban J connectivity index is 2.11. The average Bonchev–Trinajstić information content (AvgIpc) is 3.24. The van der Waals surface area contributed by atoms with E-state index in [1.54, 1.807) is 0 Å². The van der Waals surface area contributed by atoms with E-state index in [0.29, 0.717) is 24.2 Å². The Bertz CT molecular complexity index is 637. The fourth-order valence-corrected chi connectivity index (χ4v) is 3.55. The van der Waals surface area contributed by atoms with Gasteiger partial charge < -0.3 is 20.4 Å². The van der Waals surface area contributed by atoms with E-state index >= 15 is 0 Å². The minimum Gasteiger partial charge on any atom is -0.371 e. The van der Waals surface area contributed by atoms with Crippen molar-refractivity contribution in [1.29, 1.82) is 0 Å². The zero-order valence-electron chi connectivity index (χ0n) is 17.7. The van der Waals surface area contributed by atoms with Crippen LogP contribution in [0.15, 0.2) is 18.2 Å². The smallest absolute Gasteiger partial charge is 0.253 e. The fourth-order valence-electron chi connectivity index (χ4n) is 3.55. The van der Waals surface area contributed by atoms with Gasteiger partial charge in [-0.05, 0) is 50.6 Å². The van der Waals surface area contributed by atoms with Crippen LogP contribution in [0.1, 0.15) is 63.2 Å². The van der Waals surface area contributed by atoms with Gasteiger partial charge in [0, 0.05) is 44.0 Å². The highest BCUT2D eigenvalue weighted by atomic mass is 16.2. The van der Waals surface area contributed by atoms with E-state index in [1.165, 1.54) is 0 Å². The fraction of sp³-hybridized carbons (Fsp3) is 0.636. The second-order valence-corrected chi connectivity index (χ2v) is 7.36. The zero-order chi connectivity index (χ0) is 20.4. The van der Waals surface area contributed by atoms with Crippen LogP contribution in [0.4, 0.5) is 11.4 Å². The maximum Gasteiger partial charge on any atom is 0.253 e. The maximum absolute atomic E-state index is 12.9. The predicted octanol–water partition coefficient (Wildman–Crippen LogP) is 3.49. The molecular weight excluding hydrogens is 352 g/mol. The van der Waals surface area contributed by atoms with Crippen molar-refractivity contribution in [3.63, 3.8) is 0 Å². The van der Waals surface area contributed by atoms with Gasteiger partial charge in [0.1, 0.15) is 0 Å². The minimum atomic E-state index is -0.0706. The summed E-state index contributed by atoms with van der Waals surface area (Å²) in [6.07, 6.45) is 4.67. The van der Waals surface area contributed by atoms with Gasteiger partial charge in [-0.3, -0.25) is 9.59 Å². The first-order valence-corrected chi connectivity index (χ1v) is 10.8. The number of nitrogens with one attached hydrogen (secondary N) is 2. The summed E-state index contributed by atoms with van der Waals surface area (Å²) in [5.41, 5.74) is 2.30. The lowest BCUT2D eigenvalue weighted by Crippen LogP contribution is -2.35. The van der Waals surface area contributed by atoms with Crippen molar-refractivity contribution in [2.24, 2.45) is 0 Å². The SMILES string of the molecule is CCCCC(=O)Nc1ccc(N2CCCC2)c(C(=O)NCCN(CC)CC)c1. The van der Waals surface area contributed by atoms with E-state index in [1.807, 2.05) is 18.2 Å². The highest BCUT2D eigenvalue weighted by Crippen LogP contribution is 2.27. The third kappa shape index (κ3) is 6.51. The topological polar surface area (TPSA) is 64.7 Å². The molecular formula is C22H36N4O2. The molecule has 28 heavy (non-hydrogen) atoms. The molecule has 1 aromatic carbocycles. The van der Waals surface area contributed by atoms with Gasteiger partial charge in [-0.2, -0.15) is 0 Å². The van der Waals surface area contributed by atoms with E-state index in [4.69, 9.17) is 0 Å². The number of carbonyl (C=O) groups excluding carboxylic acids is 2. The van der Waals surface area contributed by atoms with Gasteiger partial charge in [-0.1, -0.05) is 27.2 Å². The Hall–Kier alpha value is -2.08. The number of nitrogens with zero attached hydrogens (tertiary/aromatic N) is 2. The van der Waals surface area contributed by atoms with Gasteiger partial charge in [0.2, 0.25) is 5.91 Å². The van der Waals surface area contributed by atoms with Gasteiger partial charge in [-0.25, -0.2) is 0 Å². The molecule has 0 radical (unpaired) electrons. The molecule has 1 fully saturated rings. The molecule has 0 spiro atoms. The number of amides is 2. The lowest BCUT2D eigenvalue weighted by atomic mass is 10.1. The second-order valence-electron chi connectivity index (χ2n) is 7.36. The molecule has 156 valence electrons. The summed E-state index contributed by atoms with van der Waals surface area (Å²) < 4.78 is 0. The number of rotatable bonds is 11. The van der Waals surface area contributed by atoms with Crippen LogP contribution in [0.3, 0.4) is 0 Å². The van der Waals surface area contributed by atoms with Crippen molar-refractivity contribution >= 4 is 23.2 Å². The van der Waals surface area contributed by atoms with E-state index in [-0.39, 0.29) is 11.8 Å². The maximum atomic E-state index is 12.9. The molecule has 1 aliphatic heterocycles. The summed E-state index contributed by atoms with van der Waals surface area (Å²) in [5, 5.41) is 5.99. The molecule has 0 atom stereocenters. The number of benzene rings is 1. The molecule has 0 aromatic heterocycles. The molecule has 0 saturated carbocycles. The first-order valence-electron chi connectivity index (χ1n) is 10.8. The van der Waals surface area contributed by atoms with E-state index < -0.39 is 0 Å². The standard InChI is InChI=1S/C22H36N4O2/c1-4-7-10-21(27)24-18-11-12-20(26-14-8-9-15-26)19(17-18)22(28)23-13-16-25(5-2)6-3/h11-12,17H,4-10,13-16H2,1-3H3,(H,23,28)(H,24,27). The van der Waals surface area contributed by atoms with Crippen LogP contribution in [0, 0.1) is 0 Å². The predicted molar refractivity (Wildman–Crippen MR) is 116 cm³/mol. The van der Waals surface area contributed by atoms with Crippen LogP contribution >= 0.6 is 0 Å². The third-order valence-electron chi connectivity index (χ3n) is 5.34.